The molecular weight excluding hydrogens is 262 g/mol. The molecular formula is C14H11NO3S. The zero-order valence-corrected chi connectivity index (χ0v) is 11.0. The van der Waals surface area contributed by atoms with Crippen LogP contribution in [0.3, 0.4) is 0 Å². The Labute approximate surface area is 114 Å². The molecule has 0 aliphatic rings. The molecule has 1 aromatic carbocycles. The van der Waals surface area contributed by atoms with Gasteiger partial charge in [0.05, 0.1) is 0 Å². The molecule has 1 N–H and O–H groups in total. The van der Waals surface area contributed by atoms with Crippen molar-refractivity contribution >= 4 is 23.5 Å². The van der Waals surface area contributed by atoms with Gasteiger partial charge in [0.1, 0.15) is 5.69 Å². The van der Waals surface area contributed by atoms with Crippen LogP contribution >= 0.6 is 11.8 Å². The molecule has 0 saturated heterocycles. The lowest BCUT2D eigenvalue weighted by Gasteiger charge is -2.03. The third-order valence-electron chi connectivity index (χ3n) is 2.45. The molecule has 0 fully saturated rings. The van der Waals surface area contributed by atoms with E-state index in [1.807, 2.05) is 12.1 Å². The Morgan fingerprint density at radius 1 is 1.11 bits per heavy atom. The fraction of sp³-hybridized carbons (Fsp3) is 0.0714. The van der Waals surface area contributed by atoms with Gasteiger partial charge in [-0.2, -0.15) is 0 Å². The molecule has 5 heteroatoms. The van der Waals surface area contributed by atoms with E-state index < -0.39 is 5.97 Å². The second-order valence-corrected chi connectivity index (χ2v) is 5.01. The van der Waals surface area contributed by atoms with Crippen LogP contribution in [-0.4, -0.2) is 21.8 Å². The number of hydrogen-bond acceptors (Lipinski definition) is 4. The summed E-state index contributed by atoms with van der Waals surface area (Å²) in [7, 11) is 0. The number of ketones is 1. The smallest absolute Gasteiger partial charge is 0.354 e. The van der Waals surface area contributed by atoms with Crippen molar-refractivity contribution in [2.75, 3.05) is 0 Å². The largest absolute Gasteiger partial charge is 0.477 e. The molecule has 0 radical (unpaired) electrons. The maximum Gasteiger partial charge on any atom is 0.354 e. The van der Waals surface area contributed by atoms with Crippen LogP contribution in [0, 0.1) is 0 Å². The first kappa shape index (κ1) is 13.3. The molecule has 1 aromatic heterocycles. The fourth-order valence-electron chi connectivity index (χ4n) is 1.49. The Morgan fingerprint density at radius 3 is 2.37 bits per heavy atom. The summed E-state index contributed by atoms with van der Waals surface area (Å²) in [5, 5.41) is 8.86. The molecule has 0 bridgehead atoms. The molecule has 1 heterocycles. The molecule has 4 nitrogen and oxygen atoms in total. The van der Waals surface area contributed by atoms with Gasteiger partial charge in [-0.1, -0.05) is 23.9 Å². The number of aromatic carboxylic acids is 1. The number of carbonyl (C=O) groups excluding carboxylic acids is 1. The minimum absolute atomic E-state index is 0.0188. The van der Waals surface area contributed by atoms with Crippen LogP contribution in [0.1, 0.15) is 27.8 Å². The van der Waals surface area contributed by atoms with Crippen molar-refractivity contribution in [1.29, 1.82) is 0 Å². The van der Waals surface area contributed by atoms with Crippen LogP contribution in [0.25, 0.3) is 0 Å². The van der Waals surface area contributed by atoms with E-state index in [0.717, 1.165) is 9.79 Å². The van der Waals surface area contributed by atoms with Crippen LogP contribution in [0.4, 0.5) is 0 Å². The van der Waals surface area contributed by atoms with E-state index in [1.54, 1.807) is 18.2 Å². The summed E-state index contributed by atoms with van der Waals surface area (Å²) in [5.74, 6) is -1.02. The van der Waals surface area contributed by atoms with Crippen LogP contribution in [-0.2, 0) is 0 Å². The van der Waals surface area contributed by atoms with E-state index in [4.69, 9.17) is 5.11 Å². The summed E-state index contributed by atoms with van der Waals surface area (Å²) >= 11 is 1.42. The Balaban J connectivity index is 2.19. The van der Waals surface area contributed by atoms with Gasteiger partial charge in [-0.3, -0.25) is 4.79 Å². The average Bonchev–Trinajstić information content (AvgIpc) is 2.39. The van der Waals surface area contributed by atoms with Gasteiger partial charge in [-0.25, -0.2) is 9.78 Å². The molecule has 0 spiro atoms. The van der Waals surface area contributed by atoms with Gasteiger partial charge in [-0.05, 0) is 31.2 Å². The quantitative estimate of drug-likeness (QED) is 0.867. The molecule has 0 aliphatic heterocycles. The normalized spacial score (nSPS) is 10.2. The number of rotatable bonds is 4. The first-order valence-electron chi connectivity index (χ1n) is 5.54. The van der Waals surface area contributed by atoms with E-state index in [0.29, 0.717) is 5.56 Å². The molecule has 19 heavy (non-hydrogen) atoms. The van der Waals surface area contributed by atoms with Gasteiger partial charge in [0.2, 0.25) is 0 Å². The standard InChI is InChI=1S/C14H11NO3S/c1-9(16)10-2-4-11(5-3-10)19-12-6-7-15-13(8-12)14(17)18/h2-8H,1H3,(H,17,18). The maximum atomic E-state index is 11.2. The van der Waals surface area contributed by atoms with Gasteiger partial charge < -0.3 is 5.11 Å². The Bertz CT molecular complexity index is 623. The maximum absolute atomic E-state index is 11.2. The number of pyridine rings is 1. The number of hydrogen-bond donors (Lipinski definition) is 1. The Kier molecular flexibility index (Phi) is 3.97. The Hall–Kier alpha value is -2.14. The van der Waals surface area contributed by atoms with Crippen LogP contribution in [0.5, 0.6) is 0 Å². The van der Waals surface area contributed by atoms with Crippen molar-refractivity contribution in [1.82, 2.24) is 4.98 Å². The monoisotopic (exact) mass is 273 g/mol. The van der Waals surface area contributed by atoms with Gasteiger partial charge >= 0.3 is 5.97 Å². The minimum atomic E-state index is -1.05. The summed E-state index contributed by atoms with van der Waals surface area (Å²) in [5.41, 5.74) is 0.677. The number of carboxylic acids is 1. The van der Waals surface area contributed by atoms with E-state index in [1.165, 1.54) is 30.9 Å². The molecule has 0 unspecified atom stereocenters. The zero-order valence-electron chi connectivity index (χ0n) is 10.2. The first-order valence-corrected chi connectivity index (χ1v) is 6.36. The third kappa shape index (κ3) is 3.42. The number of carbonyl (C=O) groups is 2. The summed E-state index contributed by atoms with van der Waals surface area (Å²) in [6.07, 6.45) is 1.47. The van der Waals surface area contributed by atoms with Crippen LogP contribution < -0.4 is 0 Å². The van der Waals surface area contributed by atoms with Crippen LogP contribution in [0.15, 0.2) is 52.4 Å². The van der Waals surface area contributed by atoms with Crippen molar-refractivity contribution < 1.29 is 14.7 Å². The zero-order chi connectivity index (χ0) is 13.8. The summed E-state index contributed by atoms with van der Waals surface area (Å²) in [6.45, 7) is 1.52. The predicted molar refractivity (Wildman–Crippen MR) is 71.8 cm³/mol. The summed E-state index contributed by atoms with van der Waals surface area (Å²) < 4.78 is 0. The highest BCUT2D eigenvalue weighted by Gasteiger charge is 2.06. The molecule has 96 valence electrons. The molecule has 0 amide bonds. The van der Waals surface area contributed by atoms with Crippen molar-refractivity contribution in [3.05, 3.63) is 53.9 Å². The third-order valence-corrected chi connectivity index (χ3v) is 3.44. The highest BCUT2D eigenvalue weighted by atomic mass is 32.2. The van der Waals surface area contributed by atoms with E-state index in [9.17, 15) is 9.59 Å². The number of carboxylic acid groups (broad SMARTS) is 1. The first-order chi connectivity index (χ1) is 9.06. The van der Waals surface area contributed by atoms with E-state index >= 15 is 0 Å². The van der Waals surface area contributed by atoms with Crippen molar-refractivity contribution in [2.24, 2.45) is 0 Å². The molecule has 0 aliphatic carbocycles. The highest BCUT2D eigenvalue weighted by molar-refractivity contribution is 7.99. The second kappa shape index (κ2) is 5.67. The van der Waals surface area contributed by atoms with Gasteiger partial charge in [0.15, 0.2) is 5.78 Å². The van der Waals surface area contributed by atoms with Crippen molar-refractivity contribution in [3.63, 3.8) is 0 Å². The molecule has 0 atom stereocenters. The lowest BCUT2D eigenvalue weighted by Crippen LogP contribution is -1.99. The van der Waals surface area contributed by atoms with Gasteiger partial charge in [0, 0.05) is 21.6 Å². The average molecular weight is 273 g/mol. The molecule has 0 saturated carbocycles. The molecule has 2 rings (SSSR count). The SMILES string of the molecule is CC(=O)c1ccc(Sc2ccnc(C(=O)O)c2)cc1. The van der Waals surface area contributed by atoms with Crippen molar-refractivity contribution in [3.8, 4) is 0 Å². The van der Waals surface area contributed by atoms with Crippen LogP contribution in [0.2, 0.25) is 0 Å². The predicted octanol–water partition coefficient (Wildman–Crippen LogP) is 3.13. The second-order valence-electron chi connectivity index (χ2n) is 3.86. The summed E-state index contributed by atoms with van der Waals surface area (Å²) in [4.78, 5) is 27.5. The number of benzene rings is 1. The number of aromatic nitrogens is 1. The Morgan fingerprint density at radius 2 is 1.79 bits per heavy atom. The lowest BCUT2D eigenvalue weighted by molar-refractivity contribution is 0.0690. The lowest BCUT2D eigenvalue weighted by atomic mass is 10.2. The molecule has 2 aromatic rings. The van der Waals surface area contributed by atoms with E-state index in [2.05, 4.69) is 4.98 Å². The highest BCUT2D eigenvalue weighted by Crippen LogP contribution is 2.27. The van der Waals surface area contributed by atoms with Gasteiger partial charge in [0.25, 0.3) is 0 Å². The van der Waals surface area contributed by atoms with E-state index in [-0.39, 0.29) is 11.5 Å². The number of nitrogens with zero attached hydrogens (tertiary/aromatic N) is 1. The number of Topliss-reactive ketones (excluding diaryl/α,β-unsaturated/α-hetero) is 1. The minimum Gasteiger partial charge on any atom is -0.477 e. The summed E-state index contributed by atoms with van der Waals surface area (Å²) in [6, 6.07) is 10.4. The topological polar surface area (TPSA) is 67.3 Å². The van der Waals surface area contributed by atoms with Crippen molar-refractivity contribution in [2.45, 2.75) is 16.7 Å². The fourth-order valence-corrected chi connectivity index (χ4v) is 2.33. The van der Waals surface area contributed by atoms with Gasteiger partial charge in [-0.15, -0.1) is 0 Å².